The van der Waals surface area contributed by atoms with Gasteiger partial charge in [-0.2, -0.15) is 4.98 Å². The molecule has 0 fully saturated rings. The third kappa shape index (κ3) is 1.35. The van der Waals surface area contributed by atoms with Crippen molar-refractivity contribution in [1.29, 1.82) is 0 Å². The molecule has 0 aliphatic rings. The minimum atomic E-state index is -1.39. The van der Waals surface area contributed by atoms with Gasteiger partial charge >= 0.3 is 11.8 Å². The molecule has 0 atom stereocenters. The van der Waals surface area contributed by atoms with Gasteiger partial charge in [-0.25, -0.2) is 9.36 Å². The first-order chi connectivity index (χ1) is 5.95. The number of carboxylic acid groups (broad SMARTS) is 1. The number of imidazole rings is 1. The first-order valence-electron chi connectivity index (χ1n) is 3.36. The van der Waals surface area contributed by atoms with Gasteiger partial charge in [-0.15, -0.1) is 0 Å². The van der Waals surface area contributed by atoms with Gasteiger partial charge in [0.1, 0.15) is 0 Å². The molecule has 1 aromatic rings. The van der Waals surface area contributed by atoms with Gasteiger partial charge in [0.25, 0.3) is 0 Å². The molecule has 0 aliphatic carbocycles. The number of aryl methyl sites for hydroxylation is 1. The van der Waals surface area contributed by atoms with E-state index in [1.807, 2.05) is 0 Å². The average molecular weight is 185 g/mol. The number of hydrogen-bond acceptors (Lipinski definition) is 4. The van der Waals surface area contributed by atoms with E-state index < -0.39 is 22.4 Å². The third-order valence-electron chi connectivity index (χ3n) is 1.66. The van der Waals surface area contributed by atoms with Crippen LogP contribution in [0.1, 0.15) is 16.3 Å². The number of aromatic nitrogens is 2. The summed E-state index contributed by atoms with van der Waals surface area (Å²) in [6.45, 7) is 1.50. The van der Waals surface area contributed by atoms with Crippen LogP contribution in [0.15, 0.2) is 0 Å². The highest BCUT2D eigenvalue weighted by molar-refractivity contribution is 5.89. The van der Waals surface area contributed by atoms with Crippen LogP contribution in [0.3, 0.4) is 0 Å². The lowest BCUT2D eigenvalue weighted by Crippen LogP contribution is -2.04. The minimum Gasteiger partial charge on any atom is -0.476 e. The molecule has 0 saturated carbocycles. The summed E-state index contributed by atoms with van der Waals surface area (Å²) in [6.07, 6.45) is 0. The van der Waals surface area contributed by atoms with Gasteiger partial charge < -0.3 is 15.2 Å². The predicted octanol–water partition coefficient (Wildman–Crippen LogP) is 0.335. The van der Waals surface area contributed by atoms with E-state index in [0.717, 1.165) is 4.57 Å². The Labute approximate surface area is 72.8 Å². The second kappa shape index (κ2) is 2.85. The maximum absolute atomic E-state index is 10.5. The van der Waals surface area contributed by atoms with E-state index in [0.29, 0.717) is 5.82 Å². The van der Waals surface area contributed by atoms with E-state index in [-0.39, 0.29) is 0 Å². The number of carbonyl (C=O) groups is 1. The van der Waals surface area contributed by atoms with E-state index in [4.69, 9.17) is 5.11 Å². The Kier molecular flexibility index (Phi) is 2.01. The lowest BCUT2D eigenvalue weighted by Gasteiger charge is -1.94. The monoisotopic (exact) mass is 185 g/mol. The van der Waals surface area contributed by atoms with Gasteiger partial charge in [0.2, 0.25) is 5.69 Å². The van der Waals surface area contributed by atoms with Gasteiger partial charge in [0.05, 0.1) is 7.05 Å². The Morgan fingerprint density at radius 2 is 2.23 bits per heavy atom. The number of nitrogens with zero attached hydrogens (tertiary/aromatic N) is 3. The molecular weight excluding hydrogens is 178 g/mol. The van der Waals surface area contributed by atoms with Crippen LogP contribution in [0, 0.1) is 17.0 Å². The average Bonchev–Trinajstić information content (AvgIpc) is 2.28. The van der Waals surface area contributed by atoms with Crippen LogP contribution in [0.25, 0.3) is 0 Å². The molecule has 0 unspecified atom stereocenters. The number of nitro groups is 1. The summed E-state index contributed by atoms with van der Waals surface area (Å²) in [4.78, 5) is 23.7. The van der Waals surface area contributed by atoms with Gasteiger partial charge in [-0.05, 0) is 4.92 Å². The second-order valence-corrected chi connectivity index (χ2v) is 2.45. The highest BCUT2D eigenvalue weighted by atomic mass is 16.6. The molecule has 1 heterocycles. The van der Waals surface area contributed by atoms with E-state index in [2.05, 4.69) is 4.98 Å². The molecule has 0 amide bonds. The van der Waals surface area contributed by atoms with Crippen molar-refractivity contribution in [2.45, 2.75) is 6.92 Å². The molecule has 0 aliphatic heterocycles. The van der Waals surface area contributed by atoms with Gasteiger partial charge in [0.15, 0.2) is 5.82 Å². The zero-order valence-electron chi connectivity index (χ0n) is 7.01. The topological polar surface area (TPSA) is 98.3 Å². The summed E-state index contributed by atoms with van der Waals surface area (Å²) in [6, 6.07) is 0. The standard InChI is InChI=1S/C6H7N3O4/c1-3-7-4(6(10)11)5(8(3)2)9(12)13/h1-2H3,(H,10,11). The maximum atomic E-state index is 10.5. The Balaban J connectivity index is 3.44. The lowest BCUT2D eigenvalue weighted by atomic mass is 10.4. The Morgan fingerprint density at radius 1 is 1.69 bits per heavy atom. The Hall–Kier alpha value is -1.92. The SMILES string of the molecule is Cc1nc(C(=O)O)c([N+](=O)[O-])n1C. The van der Waals surface area contributed by atoms with Crippen molar-refractivity contribution in [2.24, 2.45) is 7.05 Å². The third-order valence-corrected chi connectivity index (χ3v) is 1.66. The van der Waals surface area contributed by atoms with Gasteiger partial charge in [0, 0.05) is 6.92 Å². The molecule has 0 spiro atoms. The van der Waals surface area contributed by atoms with Crippen LogP contribution in [0.5, 0.6) is 0 Å². The van der Waals surface area contributed by atoms with Gasteiger partial charge in [-0.1, -0.05) is 0 Å². The summed E-state index contributed by atoms with van der Waals surface area (Å²) >= 11 is 0. The van der Waals surface area contributed by atoms with Crippen LogP contribution in [-0.2, 0) is 7.05 Å². The van der Waals surface area contributed by atoms with Crippen molar-refractivity contribution in [3.8, 4) is 0 Å². The zero-order valence-corrected chi connectivity index (χ0v) is 7.01. The molecule has 0 bridgehead atoms. The van der Waals surface area contributed by atoms with Crippen molar-refractivity contribution < 1.29 is 14.8 Å². The molecule has 0 saturated heterocycles. The molecule has 7 heteroatoms. The Morgan fingerprint density at radius 3 is 2.54 bits per heavy atom. The number of carboxylic acids is 1. The molecule has 13 heavy (non-hydrogen) atoms. The summed E-state index contributed by atoms with van der Waals surface area (Å²) < 4.78 is 1.13. The highest BCUT2D eigenvalue weighted by Gasteiger charge is 2.27. The molecule has 0 radical (unpaired) electrons. The van der Waals surface area contributed by atoms with E-state index in [1.54, 1.807) is 0 Å². The van der Waals surface area contributed by atoms with Crippen molar-refractivity contribution in [3.05, 3.63) is 21.6 Å². The molecule has 1 rings (SSSR count). The fourth-order valence-electron chi connectivity index (χ4n) is 0.951. The first kappa shape index (κ1) is 9.17. The molecular formula is C6H7N3O4. The van der Waals surface area contributed by atoms with Crippen molar-refractivity contribution in [2.75, 3.05) is 0 Å². The number of aromatic carboxylic acids is 1. The van der Waals surface area contributed by atoms with Crippen LogP contribution >= 0.6 is 0 Å². The second-order valence-electron chi connectivity index (χ2n) is 2.45. The van der Waals surface area contributed by atoms with Crippen LogP contribution in [-0.4, -0.2) is 25.6 Å². The summed E-state index contributed by atoms with van der Waals surface area (Å²) in [5.41, 5.74) is -0.523. The zero-order chi connectivity index (χ0) is 10.2. The maximum Gasteiger partial charge on any atom is 0.363 e. The number of rotatable bonds is 2. The van der Waals surface area contributed by atoms with Crippen molar-refractivity contribution in [3.63, 3.8) is 0 Å². The summed E-state index contributed by atoms with van der Waals surface area (Å²) in [5, 5.41) is 19.0. The molecule has 7 nitrogen and oxygen atoms in total. The van der Waals surface area contributed by atoms with Gasteiger partial charge in [-0.3, -0.25) is 0 Å². The van der Waals surface area contributed by atoms with Crippen LogP contribution in [0.4, 0.5) is 5.82 Å². The van der Waals surface area contributed by atoms with E-state index >= 15 is 0 Å². The molecule has 1 N–H and O–H groups in total. The van der Waals surface area contributed by atoms with Crippen molar-refractivity contribution >= 4 is 11.8 Å². The molecule has 0 aromatic carbocycles. The quantitative estimate of drug-likeness (QED) is 0.528. The number of hydrogen-bond donors (Lipinski definition) is 1. The summed E-state index contributed by atoms with van der Waals surface area (Å²) in [5.74, 6) is -1.59. The lowest BCUT2D eigenvalue weighted by molar-refractivity contribution is -0.392. The minimum absolute atomic E-state index is 0.295. The highest BCUT2D eigenvalue weighted by Crippen LogP contribution is 2.18. The van der Waals surface area contributed by atoms with Crippen LogP contribution in [0.2, 0.25) is 0 Å². The van der Waals surface area contributed by atoms with E-state index in [9.17, 15) is 14.9 Å². The van der Waals surface area contributed by atoms with E-state index in [1.165, 1.54) is 14.0 Å². The van der Waals surface area contributed by atoms with Crippen LogP contribution < -0.4 is 0 Å². The van der Waals surface area contributed by atoms with Crippen molar-refractivity contribution in [1.82, 2.24) is 9.55 Å². The largest absolute Gasteiger partial charge is 0.476 e. The Bertz CT molecular complexity index is 381. The normalized spacial score (nSPS) is 10.0. The molecule has 70 valence electrons. The summed E-state index contributed by atoms with van der Waals surface area (Å²) in [7, 11) is 1.40. The fourth-order valence-corrected chi connectivity index (χ4v) is 0.951. The molecule has 1 aromatic heterocycles. The predicted molar refractivity (Wildman–Crippen MR) is 41.6 cm³/mol. The first-order valence-corrected chi connectivity index (χ1v) is 3.36. The fraction of sp³-hybridized carbons (Fsp3) is 0.333. The smallest absolute Gasteiger partial charge is 0.363 e.